The highest BCUT2D eigenvalue weighted by Crippen LogP contribution is 2.15. The average molecular weight is 276 g/mol. The van der Waals surface area contributed by atoms with Crippen LogP contribution >= 0.6 is 11.6 Å². The first-order chi connectivity index (χ1) is 9.20. The first-order valence-electron chi connectivity index (χ1n) is 6.61. The van der Waals surface area contributed by atoms with Gasteiger partial charge in [0.25, 0.3) is 5.91 Å². The van der Waals surface area contributed by atoms with Crippen LogP contribution in [0.5, 0.6) is 0 Å². The Kier molecular flexibility index (Phi) is 4.80. The molecular formula is C16H18ClNO. The van der Waals surface area contributed by atoms with Gasteiger partial charge in [-0.3, -0.25) is 4.79 Å². The molecule has 1 N–H and O–H groups in total. The van der Waals surface area contributed by atoms with Gasteiger partial charge in [0, 0.05) is 12.1 Å². The lowest BCUT2D eigenvalue weighted by Gasteiger charge is -2.10. The van der Waals surface area contributed by atoms with E-state index in [0.717, 1.165) is 23.6 Å². The Hall–Kier alpha value is -1.54. The van der Waals surface area contributed by atoms with Gasteiger partial charge in [-0.25, -0.2) is 0 Å². The zero-order valence-corrected chi connectivity index (χ0v) is 11.8. The molecule has 0 heterocycles. The van der Waals surface area contributed by atoms with Crippen LogP contribution in [0, 0.1) is 0 Å². The number of amides is 1. The number of alkyl halides is 1. The summed E-state index contributed by atoms with van der Waals surface area (Å²) >= 11 is 6.09. The molecule has 1 atom stereocenters. The Bertz CT molecular complexity index is 567. The predicted octanol–water partition coefficient (Wildman–Crippen LogP) is 3.98. The van der Waals surface area contributed by atoms with E-state index >= 15 is 0 Å². The molecule has 0 spiro atoms. The zero-order chi connectivity index (χ0) is 13.7. The predicted molar refractivity (Wildman–Crippen MR) is 80.8 cm³/mol. The van der Waals surface area contributed by atoms with Gasteiger partial charge >= 0.3 is 0 Å². The molecule has 2 aromatic carbocycles. The number of hydrogen-bond acceptors (Lipinski definition) is 1. The molecule has 0 fully saturated rings. The van der Waals surface area contributed by atoms with Gasteiger partial charge in [0.15, 0.2) is 0 Å². The maximum Gasteiger partial charge on any atom is 0.251 e. The van der Waals surface area contributed by atoms with Gasteiger partial charge in [-0.2, -0.15) is 0 Å². The van der Waals surface area contributed by atoms with Crippen molar-refractivity contribution in [3.63, 3.8) is 0 Å². The van der Waals surface area contributed by atoms with Crippen molar-refractivity contribution in [1.29, 1.82) is 0 Å². The molecule has 0 aliphatic rings. The fourth-order valence-corrected chi connectivity index (χ4v) is 2.35. The number of nitrogens with one attached hydrogen (secondary N) is 1. The molecule has 19 heavy (non-hydrogen) atoms. The van der Waals surface area contributed by atoms with Gasteiger partial charge in [0.2, 0.25) is 0 Å². The summed E-state index contributed by atoms with van der Waals surface area (Å²) in [6, 6.07) is 13.7. The topological polar surface area (TPSA) is 29.1 Å². The van der Waals surface area contributed by atoms with E-state index in [1.165, 1.54) is 0 Å². The second-order valence-corrected chi connectivity index (χ2v) is 5.28. The van der Waals surface area contributed by atoms with Crippen molar-refractivity contribution in [3.05, 3.63) is 48.0 Å². The van der Waals surface area contributed by atoms with E-state index in [1.54, 1.807) is 0 Å². The van der Waals surface area contributed by atoms with Crippen molar-refractivity contribution in [2.45, 2.75) is 25.1 Å². The Labute approximate surface area is 118 Å². The largest absolute Gasteiger partial charge is 0.351 e. The lowest BCUT2D eigenvalue weighted by molar-refractivity contribution is 0.0953. The molecule has 0 radical (unpaired) electrons. The molecular weight excluding hydrogens is 258 g/mol. The number of carbonyl (C=O) groups is 1. The van der Waals surface area contributed by atoms with Crippen molar-refractivity contribution < 1.29 is 4.79 Å². The number of hydrogen-bond donors (Lipinski definition) is 1. The molecule has 0 saturated heterocycles. The van der Waals surface area contributed by atoms with Crippen molar-refractivity contribution >= 4 is 28.3 Å². The SMILES string of the molecule is CCCC(Cl)CNC(=O)c1ccc2ccccc2c1. The van der Waals surface area contributed by atoms with E-state index in [2.05, 4.69) is 12.2 Å². The van der Waals surface area contributed by atoms with Crippen molar-refractivity contribution in [1.82, 2.24) is 5.32 Å². The molecule has 2 aromatic rings. The van der Waals surface area contributed by atoms with Crippen molar-refractivity contribution in [2.24, 2.45) is 0 Å². The molecule has 0 aliphatic carbocycles. The Balaban J connectivity index is 2.05. The van der Waals surface area contributed by atoms with Crippen LogP contribution in [-0.2, 0) is 0 Å². The number of fused-ring (bicyclic) bond motifs is 1. The molecule has 3 heteroatoms. The third kappa shape index (κ3) is 3.71. The molecule has 1 unspecified atom stereocenters. The third-order valence-electron chi connectivity index (χ3n) is 3.10. The first-order valence-corrected chi connectivity index (χ1v) is 7.05. The molecule has 1 amide bonds. The van der Waals surface area contributed by atoms with Gasteiger partial charge in [-0.1, -0.05) is 43.7 Å². The molecule has 0 bridgehead atoms. The van der Waals surface area contributed by atoms with Crippen molar-refractivity contribution in [3.8, 4) is 0 Å². The van der Waals surface area contributed by atoms with E-state index in [1.807, 2.05) is 42.5 Å². The van der Waals surface area contributed by atoms with Crippen LogP contribution in [0.1, 0.15) is 30.1 Å². The fraction of sp³-hybridized carbons (Fsp3) is 0.312. The highest BCUT2D eigenvalue weighted by molar-refractivity contribution is 6.20. The standard InChI is InChI=1S/C16H18ClNO/c1-2-5-15(17)11-18-16(19)14-9-8-12-6-3-4-7-13(12)10-14/h3-4,6-10,15H,2,5,11H2,1H3,(H,18,19). The monoisotopic (exact) mass is 275 g/mol. The summed E-state index contributed by atoms with van der Waals surface area (Å²) in [5.74, 6) is -0.0625. The molecule has 2 rings (SSSR count). The number of carbonyl (C=O) groups excluding carboxylic acids is 1. The second kappa shape index (κ2) is 6.58. The van der Waals surface area contributed by atoms with Crippen LogP contribution in [0.2, 0.25) is 0 Å². The summed E-state index contributed by atoms with van der Waals surface area (Å²) in [6.45, 7) is 2.60. The van der Waals surface area contributed by atoms with E-state index in [-0.39, 0.29) is 11.3 Å². The summed E-state index contributed by atoms with van der Waals surface area (Å²) in [6.07, 6.45) is 1.94. The normalized spacial score (nSPS) is 12.3. The third-order valence-corrected chi connectivity index (χ3v) is 3.47. The quantitative estimate of drug-likeness (QED) is 0.822. The Morgan fingerprint density at radius 3 is 2.68 bits per heavy atom. The lowest BCUT2D eigenvalue weighted by Crippen LogP contribution is -2.29. The Morgan fingerprint density at radius 2 is 1.95 bits per heavy atom. The van der Waals surface area contributed by atoms with Crippen LogP contribution in [-0.4, -0.2) is 17.8 Å². The molecule has 100 valence electrons. The number of rotatable bonds is 5. The molecule has 0 aromatic heterocycles. The first kappa shape index (κ1) is 13.9. The molecule has 0 saturated carbocycles. The van der Waals surface area contributed by atoms with Crippen LogP contribution in [0.15, 0.2) is 42.5 Å². The molecule has 2 nitrogen and oxygen atoms in total. The van der Waals surface area contributed by atoms with Gasteiger partial charge in [0.1, 0.15) is 0 Å². The highest BCUT2D eigenvalue weighted by atomic mass is 35.5. The van der Waals surface area contributed by atoms with Crippen LogP contribution in [0.25, 0.3) is 10.8 Å². The van der Waals surface area contributed by atoms with Gasteiger partial charge in [0.05, 0.1) is 5.38 Å². The minimum absolute atomic E-state index is 0.00871. The van der Waals surface area contributed by atoms with Crippen LogP contribution < -0.4 is 5.32 Å². The summed E-state index contributed by atoms with van der Waals surface area (Å²) < 4.78 is 0. The van der Waals surface area contributed by atoms with E-state index in [9.17, 15) is 4.79 Å². The maximum atomic E-state index is 12.0. The second-order valence-electron chi connectivity index (χ2n) is 4.66. The maximum absolute atomic E-state index is 12.0. The number of benzene rings is 2. The Morgan fingerprint density at radius 1 is 1.21 bits per heavy atom. The van der Waals surface area contributed by atoms with Crippen LogP contribution in [0.3, 0.4) is 0 Å². The number of halogens is 1. The van der Waals surface area contributed by atoms with E-state index in [4.69, 9.17) is 11.6 Å². The molecule has 0 aliphatic heterocycles. The summed E-state index contributed by atoms with van der Waals surface area (Å²) in [7, 11) is 0. The zero-order valence-electron chi connectivity index (χ0n) is 11.0. The fourth-order valence-electron chi connectivity index (χ4n) is 2.05. The minimum atomic E-state index is -0.0625. The van der Waals surface area contributed by atoms with Crippen molar-refractivity contribution in [2.75, 3.05) is 6.54 Å². The van der Waals surface area contributed by atoms with E-state index < -0.39 is 0 Å². The van der Waals surface area contributed by atoms with Gasteiger partial charge < -0.3 is 5.32 Å². The highest BCUT2D eigenvalue weighted by Gasteiger charge is 2.09. The smallest absolute Gasteiger partial charge is 0.251 e. The van der Waals surface area contributed by atoms with Gasteiger partial charge in [-0.05, 0) is 29.3 Å². The van der Waals surface area contributed by atoms with Gasteiger partial charge in [-0.15, -0.1) is 11.6 Å². The average Bonchev–Trinajstić information content (AvgIpc) is 2.44. The van der Waals surface area contributed by atoms with Crippen LogP contribution in [0.4, 0.5) is 0 Å². The van der Waals surface area contributed by atoms with E-state index in [0.29, 0.717) is 12.1 Å². The summed E-state index contributed by atoms with van der Waals surface area (Å²) in [4.78, 5) is 12.0. The summed E-state index contributed by atoms with van der Waals surface area (Å²) in [5, 5.41) is 5.10. The summed E-state index contributed by atoms with van der Waals surface area (Å²) in [5.41, 5.74) is 0.680. The minimum Gasteiger partial charge on any atom is -0.351 e. The lowest BCUT2D eigenvalue weighted by atomic mass is 10.1.